The van der Waals surface area contributed by atoms with Crippen LogP contribution in [-0.2, 0) is 14.3 Å². The highest BCUT2D eigenvalue weighted by Crippen LogP contribution is 2.25. The Labute approximate surface area is 133 Å². The highest BCUT2D eigenvalue weighted by Gasteiger charge is 2.35. The molecule has 7 heteroatoms. The van der Waals surface area contributed by atoms with Gasteiger partial charge in [0, 0.05) is 29.4 Å². The molecular weight excluding hydrogens is 315 g/mol. The second kappa shape index (κ2) is 7.64. The lowest BCUT2D eigenvalue weighted by Crippen LogP contribution is -2.45. The number of ether oxygens (including phenoxy) is 1. The first-order valence-electron chi connectivity index (χ1n) is 6.32. The molecule has 2 amide bonds. The van der Waals surface area contributed by atoms with Crippen molar-refractivity contribution >= 4 is 40.7 Å². The first-order chi connectivity index (χ1) is 9.77. The molecule has 5 nitrogen and oxygen atoms in total. The number of amides is 2. The van der Waals surface area contributed by atoms with Crippen molar-refractivity contribution in [3.8, 4) is 0 Å². The van der Waals surface area contributed by atoms with Crippen molar-refractivity contribution in [1.82, 2.24) is 5.32 Å². The summed E-state index contributed by atoms with van der Waals surface area (Å²) in [6, 6.07) is 4.68. The van der Waals surface area contributed by atoms with E-state index in [4.69, 9.17) is 27.9 Å². The summed E-state index contributed by atoms with van der Waals surface area (Å²) in [5, 5.41) is 6.08. The van der Waals surface area contributed by atoms with E-state index >= 15 is 0 Å². The van der Waals surface area contributed by atoms with E-state index in [1.165, 1.54) is 21.0 Å². The van der Waals surface area contributed by atoms with Gasteiger partial charge in [0.05, 0.1) is 6.61 Å². The first-order valence-corrected chi connectivity index (χ1v) is 7.07. The molecule has 0 radical (unpaired) electrons. The summed E-state index contributed by atoms with van der Waals surface area (Å²) >= 11 is 11.7. The molecule has 0 unspecified atom stereocenters. The van der Waals surface area contributed by atoms with E-state index in [2.05, 4.69) is 10.6 Å². The van der Waals surface area contributed by atoms with Gasteiger partial charge < -0.3 is 15.4 Å². The number of benzene rings is 1. The molecule has 1 rings (SSSR count). The third-order valence-corrected chi connectivity index (χ3v) is 3.28. The van der Waals surface area contributed by atoms with Crippen molar-refractivity contribution in [3.05, 3.63) is 28.2 Å². The Balaban J connectivity index is 2.74. The Bertz CT molecular complexity index is 513. The van der Waals surface area contributed by atoms with Crippen molar-refractivity contribution < 1.29 is 14.3 Å². The number of hydrogen-bond acceptors (Lipinski definition) is 3. The highest BCUT2D eigenvalue weighted by molar-refractivity contribution is 6.35. The Kier molecular flexibility index (Phi) is 6.45. The summed E-state index contributed by atoms with van der Waals surface area (Å²) in [5.74, 6) is -0.832. The van der Waals surface area contributed by atoms with E-state index in [0.717, 1.165) is 0 Å². The third-order valence-electron chi connectivity index (χ3n) is 2.85. The maximum atomic E-state index is 12.2. The quantitative estimate of drug-likeness (QED) is 0.621. The number of halogens is 2. The van der Waals surface area contributed by atoms with Gasteiger partial charge in [0.2, 0.25) is 11.8 Å². The van der Waals surface area contributed by atoms with Crippen molar-refractivity contribution in [2.45, 2.75) is 13.8 Å². The Morgan fingerprint density at radius 1 is 1.14 bits per heavy atom. The van der Waals surface area contributed by atoms with Gasteiger partial charge in [-0.1, -0.05) is 23.2 Å². The van der Waals surface area contributed by atoms with E-state index in [1.807, 2.05) is 0 Å². The SMILES string of the molecule is COCCNC(=O)C(C)(C)C(=O)Nc1cc(Cl)cc(Cl)c1. The van der Waals surface area contributed by atoms with Crippen LogP contribution in [0.25, 0.3) is 0 Å². The molecule has 0 fully saturated rings. The molecule has 1 aromatic carbocycles. The number of carbonyl (C=O) groups is 2. The summed E-state index contributed by atoms with van der Waals surface area (Å²) in [6.07, 6.45) is 0. The molecule has 116 valence electrons. The van der Waals surface area contributed by atoms with Crippen molar-refractivity contribution in [2.75, 3.05) is 25.6 Å². The molecule has 0 bridgehead atoms. The van der Waals surface area contributed by atoms with E-state index in [1.54, 1.807) is 18.2 Å². The molecule has 0 saturated heterocycles. The summed E-state index contributed by atoms with van der Waals surface area (Å²) in [4.78, 5) is 24.3. The Morgan fingerprint density at radius 3 is 2.24 bits per heavy atom. The van der Waals surface area contributed by atoms with Crippen molar-refractivity contribution in [3.63, 3.8) is 0 Å². The van der Waals surface area contributed by atoms with Crippen molar-refractivity contribution in [2.24, 2.45) is 5.41 Å². The van der Waals surface area contributed by atoms with Crippen LogP contribution in [0.4, 0.5) is 5.69 Å². The van der Waals surface area contributed by atoms with Crippen LogP contribution in [0.15, 0.2) is 18.2 Å². The highest BCUT2D eigenvalue weighted by atomic mass is 35.5. The molecule has 0 atom stereocenters. The second-order valence-electron chi connectivity index (χ2n) is 4.99. The fourth-order valence-electron chi connectivity index (χ4n) is 1.50. The fraction of sp³-hybridized carbons (Fsp3) is 0.429. The minimum absolute atomic E-state index is 0.342. The topological polar surface area (TPSA) is 67.4 Å². The molecule has 0 heterocycles. The molecule has 0 aliphatic carbocycles. The van der Waals surface area contributed by atoms with Crippen LogP contribution in [0, 0.1) is 5.41 Å². The zero-order valence-corrected chi connectivity index (χ0v) is 13.6. The smallest absolute Gasteiger partial charge is 0.239 e. The molecule has 0 aromatic heterocycles. The summed E-state index contributed by atoms with van der Waals surface area (Å²) in [6.45, 7) is 3.80. The number of rotatable bonds is 6. The molecule has 1 aromatic rings. The number of carbonyl (C=O) groups excluding carboxylic acids is 2. The lowest BCUT2D eigenvalue weighted by molar-refractivity contribution is -0.138. The fourth-order valence-corrected chi connectivity index (χ4v) is 2.03. The number of anilines is 1. The summed E-state index contributed by atoms with van der Waals surface area (Å²) in [5.41, 5.74) is -0.794. The molecule has 0 spiro atoms. The third kappa shape index (κ3) is 5.19. The molecule has 0 aliphatic heterocycles. The van der Waals surface area contributed by atoms with Gasteiger partial charge in [-0.2, -0.15) is 0 Å². The van der Waals surface area contributed by atoms with E-state index in [-0.39, 0.29) is 5.91 Å². The average molecular weight is 333 g/mol. The van der Waals surface area contributed by atoms with Gasteiger partial charge >= 0.3 is 0 Å². The van der Waals surface area contributed by atoms with Crippen LogP contribution >= 0.6 is 23.2 Å². The van der Waals surface area contributed by atoms with E-state index in [0.29, 0.717) is 28.9 Å². The predicted octanol–water partition coefficient (Wildman–Crippen LogP) is 2.72. The van der Waals surface area contributed by atoms with Gasteiger partial charge in [-0.3, -0.25) is 9.59 Å². The van der Waals surface area contributed by atoms with Crippen LogP contribution < -0.4 is 10.6 Å². The maximum absolute atomic E-state index is 12.2. The van der Waals surface area contributed by atoms with Crippen LogP contribution in [-0.4, -0.2) is 32.1 Å². The average Bonchev–Trinajstić information content (AvgIpc) is 2.37. The largest absolute Gasteiger partial charge is 0.383 e. The molecule has 21 heavy (non-hydrogen) atoms. The molecule has 0 aliphatic rings. The summed E-state index contributed by atoms with van der Waals surface area (Å²) < 4.78 is 4.84. The Morgan fingerprint density at radius 2 is 1.71 bits per heavy atom. The standard InChI is InChI=1S/C14H18Cl2N2O3/c1-14(2,12(19)17-4-5-21-3)13(20)18-11-7-9(15)6-10(16)8-11/h6-8H,4-5H2,1-3H3,(H,17,19)(H,18,20). The van der Waals surface area contributed by atoms with Crippen molar-refractivity contribution in [1.29, 1.82) is 0 Å². The monoisotopic (exact) mass is 332 g/mol. The van der Waals surface area contributed by atoms with Gasteiger partial charge in [-0.05, 0) is 32.0 Å². The molecule has 2 N–H and O–H groups in total. The molecule has 0 saturated carbocycles. The maximum Gasteiger partial charge on any atom is 0.239 e. The van der Waals surface area contributed by atoms with Crippen LogP contribution in [0.5, 0.6) is 0 Å². The first kappa shape index (κ1) is 17.8. The lowest BCUT2D eigenvalue weighted by Gasteiger charge is -2.22. The van der Waals surface area contributed by atoms with Gasteiger partial charge in [0.15, 0.2) is 0 Å². The van der Waals surface area contributed by atoms with E-state index < -0.39 is 11.3 Å². The minimum Gasteiger partial charge on any atom is -0.383 e. The van der Waals surface area contributed by atoms with Crippen LogP contribution in [0.3, 0.4) is 0 Å². The zero-order chi connectivity index (χ0) is 16.0. The second-order valence-corrected chi connectivity index (χ2v) is 5.86. The Hall–Kier alpha value is -1.30. The zero-order valence-electron chi connectivity index (χ0n) is 12.1. The summed E-state index contributed by atoms with van der Waals surface area (Å²) in [7, 11) is 1.53. The number of methoxy groups -OCH3 is 1. The minimum atomic E-state index is -1.23. The number of nitrogens with one attached hydrogen (secondary N) is 2. The van der Waals surface area contributed by atoms with Gasteiger partial charge in [-0.15, -0.1) is 0 Å². The van der Waals surface area contributed by atoms with Gasteiger partial charge in [0.1, 0.15) is 5.41 Å². The number of hydrogen-bond donors (Lipinski definition) is 2. The van der Waals surface area contributed by atoms with Crippen LogP contribution in [0.2, 0.25) is 10.0 Å². The van der Waals surface area contributed by atoms with E-state index in [9.17, 15) is 9.59 Å². The normalized spacial score (nSPS) is 11.1. The van der Waals surface area contributed by atoms with Crippen LogP contribution in [0.1, 0.15) is 13.8 Å². The van der Waals surface area contributed by atoms with Gasteiger partial charge in [0.25, 0.3) is 0 Å². The predicted molar refractivity (Wildman–Crippen MR) is 83.8 cm³/mol. The van der Waals surface area contributed by atoms with Gasteiger partial charge in [-0.25, -0.2) is 0 Å². The lowest BCUT2D eigenvalue weighted by atomic mass is 9.91. The molecular formula is C14H18Cl2N2O3.